The van der Waals surface area contributed by atoms with Crippen LogP contribution >= 0.6 is 0 Å². The molecule has 1 fully saturated rings. The quantitative estimate of drug-likeness (QED) is 0.916. The predicted octanol–water partition coefficient (Wildman–Crippen LogP) is 2.14. The maximum Gasteiger partial charge on any atom is 0.251 e. The van der Waals surface area contributed by atoms with Crippen LogP contribution in [0.4, 0.5) is 0 Å². The zero-order chi connectivity index (χ0) is 17.3. The van der Waals surface area contributed by atoms with E-state index >= 15 is 0 Å². The van der Waals surface area contributed by atoms with Gasteiger partial charge in [-0.3, -0.25) is 4.79 Å². The highest BCUT2D eigenvalue weighted by atomic mass is 32.2. The molecule has 130 valence electrons. The van der Waals surface area contributed by atoms with Gasteiger partial charge in [0, 0.05) is 30.6 Å². The fourth-order valence-corrected chi connectivity index (χ4v) is 4.09. The number of aryl methyl sites for hydroxylation is 1. The van der Waals surface area contributed by atoms with E-state index in [0.717, 1.165) is 29.6 Å². The number of sulfonamides is 1. The number of amides is 1. The van der Waals surface area contributed by atoms with Crippen molar-refractivity contribution in [1.29, 1.82) is 0 Å². The third-order valence-electron chi connectivity index (χ3n) is 4.40. The number of furan rings is 1. The van der Waals surface area contributed by atoms with Crippen molar-refractivity contribution >= 4 is 26.9 Å². The van der Waals surface area contributed by atoms with Crippen molar-refractivity contribution in [2.24, 2.45) is 5.92 Å². The number of nitrogens with one attached hydrogen (secondary N) is 1. The molecule has 1 aliphatic heterocycles. The number of fused-ring (bicyclic) bond motifs is 1. The summed E-state index contributed by atoms with van der Waals surface area (Å²) in [7, 11) is -3.16. The van der Waals surface area contributed by atoms with Crippen LogP contribution < -0.4 is 5.32 Å². The molecule has 0 aliphatic carbocycles. The van der Waals surface area contributed by atoms with Gasteiger partial charge in [-0.15, -0.1) is 0 Å². The van der Waals surface area contributed by atoms with Crippen molar-refractivity contribution in [2.75, 3.05) is 25.9 Å². The van der Waals surface area contributed by atoms with Gasteiger partial charge in [-0.25, -0.2) is 12.7 Å². The second-order valence-electron chi connectivity index (χ2n) is 6.45. The van der Waals surface area contributed by atoms with Gasteiger partial charge in [0.05, 0.1) is 6.26 Å². The van der Waals surface area contributed by atoms with E-state index in [1.165, 1.54) is 10.6 Å². The van der Waals surface area contributed by atoms with Crippen molar-refractivity contribution in [2.45, 2.75) is 19.8 Å². The average Bonchev–Trinajstić information content (AvgIpc) is 2.91. The summed E-state index contributed by atoms with van der Waals surface area (Å²) in [6.07, 6.45) is 2.98. The second kappa shape index (κ2) is 6.57. The molecule has 3 rings (SSSR count). The van der Waals surface area contributed by atoms with Gasteiger partial charge in [0.15, 0.2) is 0 Å². The van der Waals surface area contributed by atoms with E-state index < -0.39 is 10.0 Å². The van der Waals surface area contributed by atoms with Gasteiger partial charge in [0.25, 0.3) is 5.91 Å². The number of benzene rings is 1. The van der Waals surface area contributed by atoms with Crippen LogP contribution in [0.25, 0.3) is 11.0 Å². The van der Waals surface area contributed by atoms with E-state index in [2.05, 4.69) is 5.32 Å². The molecule has 0 bridgehead atoms. The van der Waals surface area contributed by atoms with Crippen LogP contribution in [0.5, 0.6) is 0 Å². The molecule has 2 aromatic rings. The van der Waals surface area contributed by atoms with Gasteiger partial charge in [0.2, 0.25) is 10.0 Å². The highest BCUT2D eigenvalue weighted by Crippen LogP contribution is 2.21. The molecule has 1 aromatic heterocycles. The topological polar surface area (TPSA) is 79.6 Å². The van der Waals surface area contributed by atoms with E-state index in [1.807, 2.05) is 19.1 Å². The Morgan fingerprint density at radius 3 is 2.92 bits per heavy atom. The molecule has 1 saturated heterocycles. The minimum atomic E-state index is -3.16. The summed E-state index contributed by atoms with van der Waals surface area (Å²) in [5, 5.41) is 3.82. The van der Waals surface area contributed by atoms with E-state index in [4.69, 9.17) is 4.42 Å². The van der Waals surface area contributed by atoms with Crippen molar-refractivity contribution in [1.82, 2.24) is 9.62 Å². The molecule has 1 atom stereocenters. The highest BCUT2D eigenvalue weighted by molar-refractivity contribution is 7.88. The lowest BCUT2D eigenvalue weighted by molar-refractivity contribution is 0.0941. The standard InChI is InChI=1S/C17H22N2O4S/c1-12-8-15-9-14(5-6-16(15)23-12)17(20)18-10-13-4-3-7-19(11-13)24(2,21)22/h5-6,8-9,13H,3-4,7,10-11H2,1-2H3,(H,18,20). The van der Waals surface area contributed by atoms with Crippen molar-refractivity contribution in [3.8, 4) is 0 Å². The molecule has 1 N–H and O–H groups in total. The van der Waals surface area contributed by atoms with E-state index in [0.29, 0.717) is 25.2 Å². The third kappa shape index (κ3) is 3.79. The fourth-order valence-electron chi connectivity index (χ4n) is 3.15. The van der Waals surface area contributed by atoms with E-state index in [9.17, 15) is 13.2 Å². The molecule has 6 nitrogen and oxygen atoms in total. The van der Waals surface area contributed by atoms with Crippen LogP contribution in [-0.4, -0.2) is 44.5 Å². The first kappa shape index (κ1) is 17.0. The third-order valence-corrected chi connectivity index (χ3v) is 5.67. The zero-order valence-electron chi connectivity index (χ0n) is 13.9. The Hall–Kier alpha value is -1.86. The molecule has 0 saturated carbocycles. The van der Waals surface area contributed by atoms with Gasteiger partial charge >= 0.3 is 0 Å². The first-order chi connectivity index (χ1) is 11.3. The molecule has 24 heavy (non-hydrogen) atoms. The van der Waals surface area contributed by atoms with Crippen molar-refractivity contribution in [3.05, 3.63) is 35.6 Å². The monoisotopic (exact) mass is 350 g/mol. The predicted molar refractivity (Wildman–Crippen MR) is 92.4 cm³/mol. The highest BCUT2D eigenvalue weighted by Gasteiger charge is 2.26. The van der Waals surface area contributed by atoms with E-state index in [1.54, 1.807) is 12.1 Å². The molecule has 2 heterocycles. The Labute approximate surface area is 141 Å². The van der Waals surface area contributed by atoms with Gasteiger partial charge in [-0.05, 0) is 49.9 Å². The lowest BCUT2D eigenvalue weighted by Crippen LogP contribution is -2.43. The van der Waals surface area contributed by atoms with Gasteiger partial charge < -0.3 is 9.73 Å². The Balaban J connectivity index is 1.62. The summed E-state index contributed by atoms with van der Waals surface area (Å²) in [6, 6.07) is 7.25. The lowest BCUT2D eigenvalue weighted by atomic mass is 9.99. The maximum atomic E-state index is 12.3. The number of hydrogen-bond acceptors (Lipinski definition) is 4. The molecule has 1 aliphatic rings. The minimum absolute atomic E-state index is 0.146. The van der Waals surface area contributed by atoms with Crippen LogP contribution in [0.15, 0.2) is 28.7 Å². The summed E-state index contributed by atoms with van der Waals surface area (Å²) in [4.78, 5) is 12.3. The lowest BCUT2D eigenvalue weighted by Gasteiger charge is -2.30. The molecule has 1 aromatic carbocycles. The fraction of sp³-hybridized carbons (Fsp3) is 0.471. The average molecular weight is 350 g/mol. The Kier molecular flexibility index (Phi) is 4.64. The van der Waals surface area contributed by atoms with Crippen LogP contribution in [0.3, 0.4) is 0 Å². The summed E-state index contributed by atoms with van der Waals surface area (Å²) in [6.45, 7) is 3.39. The number of piperidine rings is 1. The maximum absolute atomic E-state index is 12.3. The van der Waals surface area contributed by atoms with Crippen molar-refractivity contribution < 1.29 is 17.6 Å². The molecular formula is C17H22N2O4S. The van der Waals surface area contributed by atoms with Crippen LogP contribution in [-0.2, 0) is 10.0 Å². The van der Waals surface area contributed by atoms with Crippen LogP contribution in [0, 0.1) is 12.8 Å². The van der Waals surface area contributed by atoms with Gasteiger partial charge in [0.1, 0.15) is 11.3 Å². The molecular weight excluding hydrogens is 328 g/mol. The summed E-state index contributed by atoms with van der Waals surface area (Å²) in [5.74, 6) is 0.815. The Morgan fingerprint density at radius 2 is 2.17 bits per heavy atom. The summed E-state index contributed by atoms with van der Waals surface area (Å²) < 4.78 is 30.3. The summed E-state index contributed by atoms with van der Waals surface area (Å²) >= 11 is 0. The molecule has 0 radical (unpaired) electrons. The second-order valence-corrected chi connectivity index (χ2v) is 8.43. The number of rotatable bonds is 4. The molecule has 1 unspecified atom stereocenters. The van der Waals surface area contributed by atoms with Crippen LogP contribution in [0.2, 0.25) is 0 Å². The zero-order valence-corrected chi connectivity index (χ0v) is 14.7. The molecule has 1 amide bonds. The van der Waals surface area contributed by atoms with Crippen molar-refractivity contribution in [3.63, 3.8) is 0 Å². The normalized spacial score (nSPS) is 19.5. The number of hydrogen-bond donors (Lipinski definition) is 1. The van der Waals surface area contributed by atoms with Gasteiger partial charge in [-0.2, -0.15) is 0 Å². The minimum Gasteiger partial charge on any atom is -0.461 e. The Bertz CT molecular complexity index is 857. The smallest absolute Gasteiger partial charge is 0.251 e. The Morgan fingerprint density at radius 1 is 1.38 bits per heavy atom. The first-order valence-electron chi connectivity index (χ1n) is 8.06. The number of carbonyl (C=O) groups is 1. The largest absolute Gasteiger partial charge is 0.461 e. The molecule has 7 heteroatoms. The molecule has 0 spiro atoms. The van der Waals surface area contributed by atoms with Crippen LogP contribution in [0.1, 0.15) is 29.0 Å². The first-order valence-corrected chi connectivity index (χ1v) is 9.91. The number of carbonyl (C=O) groups excluding carboxylic acids is 1. The summed E-state index contributed by atoms with van der Waals surface area (Å²) in [5.41, 5.74) is 1.35. The van der Waals surface area contributed by atoms with Gasteiger partial charge in [-0.1, -0.05) is 0 Å². The van der Waals surface area contributed by atoms with E-state index in [-0.39, 0.29) is 11.8 Å². The number of nitrogens with zero attached hydrogens (tertiary/aromatic N) is 1. The SMILES string of the molecule is Cc1cc2cc(C(=O)NCC3CCCN(S(C)(=O)=O)C3)ccc2o1.